The van der Waals surface area contributed by atoms with Gasteiger partial charge in [0.1, 0.15) is 18.0 Å². The highest BCUT2D eigenvalue weighted by Crippen LogP contribution is 2.56. The molecule has 0 amide bonds. The zero-order valence-electron chi connectivity index (χ0n) is 16.0. The summed E-state index contributed by atoms with van der Waals surface area (Å²) in [5.74, 6) is -2.15. The van der Waals surface area contributed by atoms with E-state index in [4.69, 9.17) is 9.47 Å². The molecule has 1 aliphatic heterocycles. The summed E-state index contributed by atoms with van der Waals surface area (Å²) in [6, 6.07) is 0. The van der Waals surface area contributed by atoms with Crippen molar-refractivity contribution in [2.45, 2.75) is 65.8 Å². The second-order valence-corrected chi connectivity index (χ2v) is 8.64. The van der Waals surface area contributed by atoms with E-state index >= 15 is 0 Å². The zero-order valence-corrected chi connectivity index (χ0v) is 16.0. The average molecular weight is 364 g/mol. The van der Waals surface area contributed by atoms with Gasteiger partial charge < -0.3 is 14.6 Å². The molecule has 0 bridgehead atoms. The van der Waals surface area contributed by atoms with E-state index in [1.54, 1.807) is 27.7 Å². The summed E-state index contributed by atoms with van der Waals surface area (Å²) in [5, 5.41) is 10.6. The molecule has 1 heterocycles. The Morgan fingerprint density at radius 2 is 1.96 bits per heavy atom. The number of ether oxygens (including phenoxy) is 2. The average Bonchev–Trinajstić information content (AvgIpc) is 2.87. The SMILES string of the molecule is CC(C)=CC(=O)O[C@H]1[C@H]2[C@H](C)C(=O)O[C@@H]2C[C@@H](C)[C@@H]2[C@@H](O)CC(=O)[C@]21C. The fraction of sp³-hybridized carbons (Fsp3) is 0.750. The minimum atomic E-state index is -1.02. The topological polar surface area (TPSA) is 89.9 Å². The van der Waals surface area contributed by atoms with E-state index in [1.807, 2.05) is 6.92 Å². The number of aliphatic hydroxyl groups excluding tert-OH is 1. The molecule has 144 valence electrons. The number of allylic oxidation sites excluding steroid dienone is 1. The van der Waals surface area contributed by atoms with Gasteiger partial charge in [-0.25, -0.2) is 4.79 Å². The van der Waals surface area contributed by atoms with Gasteiger partial charge in [0.05, 0.1) is 17.4 Å². The third-order valence-electron chi connectivity index (χ3n) is 6.56. The molecule has 8 atom stereocenters. The summed E-state index contributed by atoms with van der Waals surface area (Å²) in [7, 11) is 0. The fourth-order valence-electron chi connectivity index (χ4n) is 5.43. The molecule has 6 heteroatoms. The van der Waals surface area contributed by atoms with Crippen LogP contribution in [0.3, 0.4) is 0 Å². The van der Waals surface area contributed by atoms with Crippen LogP contribution in [0.15, 0.2) is 11.6 Å². The van der Waals surface area contributed by atoms with Gasteiger partial charge in [0.2, 0.25) is 0 Å². The van der Waals surface area contributed by atoms with Crippen LogP contribution in [-0.2, 0) is 23.9 Å². The van der Waals surface area contributed by atoms with Crippen molar-refractivity contribution in [3.8, 4) is 0 Å². The van der Waals surface area contributed by atoms with Gasteiger partial charge in [0.25, 0.3) is 0 Å². The highest BCUT2D eigenvalue weighted by molar-refractivity contribution is 5.90. The zero-order chi connectivity index (χ0) is 19.4. The van der Waals surface area contributed by atoms with Gasteiger partial charge in [-0.15, -0.1) is 0 Å². The molecule has 6 nitrogen and oxygen atoms in total. The normalized spacial score (nSPS) is 44.6. The van der Waals surface area contributed by atoms with Crippen LogP contribution in [0.1, 0.15) is 47.5 Å². The highest BCUT2D eigenvalue weighted by atomic mass is 16.6. The van der Waals surface area contributed by atoms with Gasteiger partial charge in [-0.3, -0.25) is 9.59 Å². The van der Waals surface area contributed by atoms with E-state index < -0.39 is 35.6 Å². The Morgan fingerprint density at radius 1 is 1.31 bits per heavy atom. The summed E-state index contributed by atoms with van der Waals surface area (Å²) in [6.45, 7) is 9.10. The summed E-state index contributed by atoms with van der Waals surface area (Å²) in [6.07, 6.45) is 0.0399. The van der Waals surface area contributed by atoms with E-state index in [1.165, 1.54) is 6.08 Å². The van der Waals surface area contributed by atoms with Crippen molar-refractivity contribution in [3.05, 3.63) is 11.6 Å². The van der Waals surface area contributed by atoms with Crippen molar-refractivity contribution >= 4 is 17.7 Å². The van der Waals surface area contributed by atoms with Gasteiger partial charge in [-0.1, -0.05) is 19.4 Å². The molecule has 0 aromatic rings. The number of esters is 2. The van der Waals surface area contributed by atoms with Crippen molar-refractivity contribution in [3.63, 3.8) is 0 Å². The molecule has 1 saturated heterocycles. The quantitative estimate of drug-likeness (QED) is 0.596. The van der Waals surface area contributed by atoms with Crippen molar-refractivity contribution in [1.29, 1.82) is 0 Å². The molecule has 0 aromatic heterocycles. The first-order valence-electron chi connectivity index (χ1n) is 9.34. The van der Waals surface area contributed by atoms with Crippen LogP contribution in [0.5, 0.6) is 0 Å². The maximum absolute atomic E-state index is 12.9. The Kier molecular flexibility index (Phi) is 4.76. The Balaban J connectivity index is 2.08. The summed E-state index contributed by atoms with van der Waals surface area (Å²) in [5.41, 5.74) is -0.231. The predicted octanol–water partition coefficient (Wildman–Crippen LogP) is 2.04. The second-order valence-electron chi connectivity index (χ2n) is 8.64. The largest absolute Gasteiger partial charge is 0.462 e. The number of carbonyl (C=O) groups is 3. The fourth-order valence-corrected chi connectivity index (χ4v) is 5.43. The molecular formula is C20H28O6. The van der Waals surface area contributed by atoms with Crippen LogP contribution in [0.2, 0.25) is 0 Å². The summed E-state index contributed by atoms with van der Waals surface area (Å²) in [4.78, 5) is 37.6. The van der Waals surface area contributed by atoms with Gasteiger partial charge in [-0.05, 0) is 33.1 Å². The van der Waals surface area contributed by atoms with Gasteiger partial charge in [-0.2, -0.15) is 0 Å². The van der Waals surface area contributed by atoms with Gasteiger partial charge in [0.15, 0.2) is 0 Å². The maximum Gasteiger partial charge on any atom is 0.330 e. The molecule has 3 aliphatic rings. The van der Waals surface area contributed by atoms with Gasteiger partial charge >= 0.3 is 11.9 Å². The Labute approximate surface area is 153 Å². The molecule has 2 saturated carbocycles. The Morgan fingerprint density at radius 3 is 2.58 bits per heavy atom. The minimum absolute atomic E-state index is 0.0285. The first kappa shape index (κ1) is 19.1. The number of aliphatic hydroxyl groups is 1. The standard InChI is InChI=1S/C20H28O6/c1-9(2)6-15(23)26-18-16-11(4)19(24)25-13(16)7-10(3)17-12(21)8-14(22)20(17,18)5/h6,10-13,16-18,21H,7-8H2,1-5H3/t10-,11+,12+,13-,16+,17-,18+,20-/m1/s1. The Bertz CT molecular complexity index is 663. The van der Waals surface area contributed by atoms with Crippen LogP contribution in [0, 0.1) is 29.1 Å². The van der Waals surface area contributed by atoms with Gasteiger partial charge in [0, 0.05) is 24.3 Å². The second kappa shape index (κ2) is 6.48. The van der Waals surface area contributed by atoms with Crippen molar-refractivity contribution in [1.82, 2.24) is 0 Å². The van der Waals surface area contributed by atoms with E-state index in [0.717, 1.165) is 5.57 Å². The highest BCUT2D eigenvalue weighted by Gasteiger charge is 2.66. The number of carbonyl (C=O) groups excluding carboxylic acids is 3. The Hall–Kier alpha value is -1.69. The number of Topliss-reactive ketones (excluding diaryl/α,β-unsaturated/α-hetero) is 1. The smallest absolute Gasteiger partial charge is 0.330 e. The van der Waals surface area contributed by atoms with Crippen LogP contribution >= 0.6 is 0 Å². The molecular weight excluding hydrogens is 336 g/mol. The number of fused-ring (bicyclic) bond motifs is 2. The van der Waals surface area contributed by atoms with E-state index in [0.29, 0.717) is 6.42 Å². The number of rotatable bonds is 2. The van der Waals surface area contributed by atoms with Crippen molar-refractivity contribution in [2.75, 3.05) is 0 Å². The monoisotopic (exact) mass is 364 g/mol. The molecule has 1 N–H and O–H groups in total. The van der Waals surface area contributed by atoms with Crippen molar-refractivity contribution in [2.24, 2.45) is 29.1 Å². The predicted molar refractivity (Wildman–Crippen MR) is 92.9 cm³/mol. The molecule has 3 rings (SSSR count). The number of hydrogen-bond donors (Lipinski definition) is 1. The lowest BCUT2D eigenvalue weighted by atomic mass is 9.66. The molecule has 2 aliphatic carbocycles. The maximum atomic E-state index is 12.9. The van der Waals surface area contributed by atoms with Crippen LogP contribution in [-0.4, -0.2) is 41.1 Å². The lowest BCUT2D eigenvalue weighted by Gasteiger charge is -2.40. The van der Waals surface area contributed by atoms with Crippen LogP contribution in [0.25, 0.3) is 0 Å². The third kappa shape index (κ3) is 2.79. The number of hydrogen-bond acceptors (Lipinski definition) is 6. The summed E-state index contributed by atoms with van der Waals surface area (Å²) >= 11 is 0. The number of ketones is 1. The summed E-state index contributed by atoms with van der Waals surface area (Å²) < 4.78 is 11.4. The molecule has 0 radical (unpaired) electrons. The van der Waals surface area contributed by atoms with Crippen molar-refractivity contribution < 1.29 is 29.0 Å². The molecule has 0 unspecified atom stereocenters. The van der Waals surface area contributed by atoms with Crippen LogP contribution < -0.4 is 0 Å². The lowest BCUT2D eigenvalue weighted by molar-refractivity contribution is -0.164. The third-order valence-corrected chi connectivity index (χ3v) is 6.56. The minimum Gasteiger partial charge on any atom is -0.462 e. The lowest BCUT2D eigenvalue weighted by Crippen LogP contribution is -2.50. The van der Waals surface area contributed by atoms with E-state index in [2.05, 4.69) is 0 Å². The van der Waals surface area contributed by atoms with E-state index in [-0.39, 0.29) is 35.9 Å². The first-order valence-corrected chi connectivity index (χ1v) is 9.34. The first-order chi connectivity index (χ1) is 12.1. The molecule has 3 fully saturated rings. The van der Waals surface area contributed by atoms with Crippen LogP contribution in [0.4, 0.5) is 0 Å². The molecule has 26 heavy (non-hydrogen) atoms. The molecule has 0 spiro atoms. The van der Waals surface area contributed by atoms with E-state index in [9.17, 15) is 19.5 Å². The molecule has 0 aromatic carbocycles.